The molecular formula is C20H16O2S4. The van der Waals surface area contributed by atoms with Crippen molar-refractivity contribution in [1.29, 1.82) is 0 Å². The third-order valence-corrected chi connectivity index (χ3v) is 8.58. The predicted molar refractivity (Wildman–Crippen MR) is 112 cm³/mol. The Morgan fingerprint density at radius 2 is 0.731 bits per heavy atom. The summed E-state index contributed by atoms with van der Waals surface area (Å²) >= 11 is 7.27. The molecular weight excluding hydrogens is 400 g/mol. The Balaban J connectivity index is 0.000000115. The summed E-state index contributed by atoms with van der Waals surface area (Å²) in [4.78, 5) is 5.62. The van der Waals surface area contributed by atoms with Crippen LogP contribution in [0.15, 0.2) is 45.8 Å². The minimum atomic E-state index is 0.764. The van der Waals surface area contributed by atoms with Crippen LogP contribution in [-0.2, 0) is 35.9 Å². The Morgan fingerprint density at radius 3 is 1.00 bits per heavy atom. The fraction of sp³-hybridized carbons (Fsp3) is 0.200. The van der Waals surface area contributed by atoms with Crippen molar-refractivity contribution in [2.45, 2.75) is 26.4 Å². The molecule has 0 spiro atoms. The van der Waals surface area contributed by atoms with Crippen LogP contribution in [0.5, 0.6) is 0 Å². The van der Waals surface area contributed by atoms with Crippen LogP contribution in [0.4, 0.5) is 0 Å². The lowest BCUT2D eigenvalue weighted by Crippen LogP contribution is -1.87. The van der Waals surface area contributed by atoms with Crippen LogP contribution < -0.4 is 0 Å². The maximum absolute atomic E-state index is 5.58. The Labute approximate surface area is 168 Å². The Hall–Kier alpha value is -1.28. The van der Waals surface area contributed by atoms with Gasteiger partial charge in [0.2, 0.25) is 0 Å². The van der Waals surface area contributed by atoms with Crippen LogP contribution in [-0.4, -0.2) is 0 Å². The van der Waals surface area contributed by atoms with Crippen molar-refractivity contribution in [2.75, 3.05) is 0 Å². The molecule has 0 unspecified atom stereocenters. The zero-order chi connectivity index (χ0) is 17.3. The second-order valence-electron chi connectivity index (χ2n) is 6.09. The highest BCUT2D eigenvalue weighted by molar-refractivity contribution is 7.21. The molecule has 0 fully saturated rings. The molecule has 0 radical (unpaired) electrons. The number of thiophene rings is 4. The van der Waals surface area contributed by atoms with Crippen molar-refractivity contribution < 1.29 is 9.47 Å². The first-order chi connectivity index (χ1) is 12.9. The molecule has 0 aromatic carbocycles. The summed E-state index contributed by atoms with van der Waals surface area (Å²) < 4.78 is 11.2. The van der Waals surface area contributed by atoms with Crippen molar-refractivity contribution in [3.05, 3.63) is 68.0 Å². The van der Waals surface area contributed by atoms with E-state index in [1.54, 1.807) is 0 Å². The van der Waals surface area contributed by atoms with Gasteiger partial charge in [-0.25, -0.2) is 0 Å². The first kappa shape index (κ1) is 16.9. The third-order valence-electron chi connectivity index (χ3n) is 4.43. The Kier molecular flexibility index (Phi) is 4.79. The molecule has 6 heterocycles. The molecule has 0 bridgehead atoms. The highest BCUT2D eigenvalue weighted by atomic mass is 32.1. The van der Waals surface area contributed by atoms with Gasteiger partial charge in [0.05, 0.1) is 45.9 Å². The van der Waals surface area contributed by atoms with Crippen LogP contribution in [0.2, 0.25) is 0 Å². The zero-order valence-corrected chi connectivity index (χ0v) is 17.2. The van der Waals surface area contributed by atoms with Crippen LogP contribution in [0.25, 0.3) is 19.5 Å². The summed E-state index contributed by atoms with van der Waals surface area (Å²) in [6.45, 7) is 3.06. The molecule has 6 heteroatoms. The van der Waals surface area contributed by atoms with E-state index in [9.17, 15) is 0 Å². The molecule has 2 aliphatic rings. The number of rotatable bonds is 0. The van der Waals surface area contributed by atoms with Crippen LogP contribution >= 0.6 is 45.3 Å². The van der Waals surface area contributed by atoms with Gasteiger partial charge in [0.25, 0.3) is 0 Å². The maximum Gasteiger partial charge on any atom is 0.0735 e. The Bertz CT molecular complexity index is 857. The van der Waals surface area contributed by atoms with Crippen molar-refractivity contribution in [1.82, 2.24) is 0 Å². The van der Waals surface area contributed by atoms with Gasteiger partial charge in [-0.05, 0) is 68.0 Å². The fourth-order valence-corrected chi connectivity index (χ4v) is 7.25. The predicted octanol–water partition coefficient (Wildman–Crippen LogP) is 7.01. The van der Waals surface area contributed by atoms with Crippen molar-refractivity contribution in [2.24, 2.45) is 0 Å². The van der Waals surface area contributed by atoms with E-state index >= 15 is 0 Å². The normalized spacial score (nSPS) is 14.8. The second kappa shape index (κ2) is 7.38. The average Bonchev–Trinajstić information content (AvgIpc) is 3.42. The molecule has 0 N–H and O–H groups in total. The van der Waals surface area contributed by atoms with E-state index in [2.05, 4.69) is 45.8 Å². The fourth-order valence-electron chi connectivity index (χ4n) is 3.14. The van der Waals surface area contributed by atoms with Crippen molar-refractivity contribution >= 4 is 45.3 Å². The minimum Gasteiger partial charge on any atom is -0.372 e. The summed E-state index contributed by atoms with van der Waals surface area (Å²) in [6, 6.07) is 8.65. The van der Waals surface area contributed by atoms with Crippen LogP contribution in [0, 0.1) is 0 Å². The minimum absolute atomic E-state index is 0.764. The summed E-state index contributed by atoms with van der Waals surface area (Å²) in [7, 11) is 0. The molecule has 0 amide bonds. The summed E-state index contributed by atoms with van der Waals surface area (Å²) in [5.74, 6) is 0. The molecule has 4 aromatic heterocycles. The van der Waals surface area contributed by atoms with Gasteiger partial charge < -0.3 is 9.47 Å². The lowest BCUT2D eigenvalue weighted by atomic mass is 10.2. The monoisotopic (exact) mass is 416 g/mol. The van der Waals surface area contributed by atoms with Gasteiger partial charge in [0.15, 0.2) is 0 Å². The standard InChI is InChI=1S/2C10H8OS2/c2*1-3-12-9-7(1)5-11-6-8-2-4-13-10(8)9/h2*1-4H,5-6H2. The van der Waals surface area contributed by atoms with E-state index in [1.807, 2.05) is 45.3 Å². The van der Waals surface area contributed by atoms with E-state index < -0.39 is 0 Å². The van der Waals surface area contributed by atoms with E-state index in [0.717, 1.165) is 26.4 Å². The SMILES string of the molecule is c1cc2c(s1)-c1sccc1COC2.c1cc2c(s1)-c1sccc1COC2. The Morgan fingerprint density at radius 1 is 0.462 bits per heavy atom. The number of ether oxygens (including phenoxy) is 2. The van der Waals surface area contributed by atoms with Gasteiger partial charge >= 0.3 is 0 Å². The molecule has 0 aliphatic carbocycles. The maximum atomic E-state index is 5.58. The van der Waals surface area contributed by atoms with E-state index in [1.165, 1.54) is 41.8 Å². The zero-order valence-electron chi connectivity index (χ0n) is 13.9. The molecule has 0 atom stereocenters. The third kappa shape index (κ3) is 3.11. The number of hydrogen-bond donors (Lipinski definition) is 0. The molecule has 6 rings (SSSR count). The van der Waals surface area contributed by atoms with Crippen LogP contribution in [0.3, 0.4) is 0 Å². The first-order valence-corrected chi connectivity index (χ1v) is 11.8. The molecule has 2 aliphatic heterocycles. The molecule has 0 saturated heterocycles. The molecule has 2 nitrogen and oxygen atoms in total. The molecule has 26 heavy (non-hydrogen) atoms. The number of fused-ring (bicyclic) bond motifs is 6. The number of hydrogen-bond acceptors (Lipinski definition) is 6. The van der Waals surface area contributed by atoms with E-state index in [-0.39, 0.29) is 0 Å². The highest BCUT2D eigenvalue weighted by Crippen LogP contribution is 2.40. The largest absolute Gasteiger partial charge is 0.372 e. The van der Waals surface area contributed by atoms with Crippen molar-refractivity contribution in [3.63, 3.8) is 0 Å². The van der Waals surface area contributed by atoms with Gasteiger partial charge in [-0.3, -0.25) is 0 Å². The molecule has 4 aromatic rings. The highest BCUT2D eigenvalue weighted by Gasteiger charge is 2.17. The smallest absolute Gasteiger partial charge is 0.0735 e. The topological polar surface area (TPSA) is 18.5 Å². The summed E-state index contributed by atoms with van der Waals surface area (Å²) in [6.07, 6.45) is 0. The molecule has 132 valence electrons. The second-order valence-corrected chi connectivity index (χ2v) is 9.75. The lowest BCUT2D eigenvalue weighted by molar-refractivity contribution is 0.110. The summed E-state index contributed by atoms with van der Waals surface area (Å²) in [5.41, 5.74) is 5.36. The average molecular weight is 417 g/mol. The molecule has 0 saturated carbocycles. The van der Waals surface area contributed by atoms with Crippen molar-refractivity contribution in [3.8, 4) is 19.5 Å². The quantitative estimate of drug-likeness (QED) is 0.307. The van der Waals surface area contributed by atoms with E-state index in [4.69, 9.17) is 9.47 Å². The van der Waals surface area contributed by atoms with Gasteiger partial charge in [-0.1, -0.05) is 0 Å². The van der Waals surface area contributed by atoms with E-state index in [0.29, 0.717) is 0 Å². The lowest BCUT2D eigenvalue weighted by Gasteiger charge is -1.95. The van der Waals surface area contributed by atoms with Gasteiger partial charge in [0.1, 0.15) is 0 Å². The summed E-state index contributed by atoms with van der Waals surface area (Å²) in [5, 5.41) is 8.57. The first-order valence-electron chi connectivity index (χ1n) is 8.32. The van der Waals surface area contributed by atoms with Crippen LogP contribution in [0.1, 0.15) is 22.3 Å². The van der Waals surface area contributed by atoms with Gasteiger partial charge in [-0.2, -0.15) is 0 Å². The van der Waals surface area contributed by atoms with Gasteiger partial charge in [-0.15, -0.1) is 45.3 Å². The van der Waals surface area contributed by atoms with Gasteiger partial charge in [0, 0.05) is 0 Å².